The first kappa shape index (κ1) is 12.0. The zero-order valence-corrected chi connectivity index (χ0v) is 9.94. The molecule has 84 valence electrons. The first-order valence-electron chi connectivity index (χ1n) is 5.88. The van der Waals surface area contributed by atoms with Crippen molar-refractivity contribution in [1.82, 2.24) is 5.32 Å². The standard InChI is InChI=1S/C12H24FN/c1-9(2)10(3)12(4,13)11-7-5-6-8-14-11/h9-11,14H,5-8H2,1-4H3. The van der Waals surface area contributed by atoms with E-state index in [0.29, 0.717) is 5.92 Å². The second-order valence-electron chi connectivity index (χ2n) is 5.19. The molecule has 0 radical (unpaired) electrons. The van der Waals surface area contributed by atoms with Crippen LogP contribution in [0.4, 0.5) is 4.39 Å². The molecule has 3 unspecified atom stereocenters. The molecule has 1 fully saturated rings. The van der Waals surface area contributed by atoms with E-state index >= 15 is 0 Å². The Bertz CT molecular complexity index is 171. The quantitative estimate of drug-likeness (QED) is 0.739. The number of nitrogens with one attached hydrogen (secondary N) is 1. The highest BCUT2D eigenvalue weighted by Crippen LogP contribution is 2.34. The zero-order valence-electron chi connectivity index (χ0n) is 9.94. The summed E-state index contributed by atoms with van der Waals surface area (Å²) in [6.45, 7) is 8.98. The highest BCUT2D eigenvalue weighted by Gasteiger charge is 2.40. The molecule has 0 aromatic rings. The van der Waals surface area contributed by atoms with Gasteiger partial charge in [0.1, 0.15) is 5.67 Å². The molecule has 1 aliphatic heterocycles. The number of hydrogen-bond donors (Lipinski definition) is 1. The second kappa shape index (κ2) is 4.61. The Morgan fingerprint density at radius 2 is 1.93 bits per heavy atom. The third-order valence-corrected chi connectivity index (χ3v) is 3.88. The lowest BCUT2D eigenvalue weighted by Crippen LogP contribution is -2.52. The Kier molecular flexibility index (Phi) is 3.94. The van der Waals surface area contributed by atoms with Crippen molar-refractivity contribution in [2.24, 2.45) is 11.8 Å². The number of piperidine rings is 1. The van der Waals surface area contributed by atoms with Crippen molar-refractivity contribution in [3.63, 3.8) is 0 Å². The van der Waals surface area contributed by atoms with Gasteiger partial charge in [-0.2, -0.15) is 0 Å². The Hall–Kier alpha value is -0.110. The van der Waals surface area contributed by atoms with Crippen LogP contribution >= 0.6 is 0 Å². The molecule has 0 aliphatic carbocycles. The summed E-state index contributed by atoms with van der Waals surface area (Å²) in [5.41, 5.74) is -1.06. The summed E-state index contributed by atoms with van der Waals surface area (Å²) in [7, 11) is 0. The topological polar surface area (TPSA) is 12.0 Å². The van der Waals surface area contributed by atoms with Crippen molar-refractivity contribution in [2.45, 2.75) is 58.7 Å². The lowest BCUT2D eigenvalue weighted by atomic mass is 9.76. The molecule has 2 heteroatoms. The van der Waals surface area contributed by atoms with Crippen molar-refractivity contribution >= 4 is 0 Å². The maximum absolute atomic E-state index is 14.6. The fourth-order valence-electron chi connectivity index (χ4n) is 2.30. The smallest absolute Gasteiger partial charge is 0.126 e. The number of alkyl halides is 1. The van der Waals surface area contributed by atoms with Gasteiger partial charge in [-0.15, -0.1) is 0 Å². The van der Waals surface area contributed by atoms with Crippen LogP contribution < -0.4 is 5.32 Å². The Morgan fingerprint density at radius 1 is 1.29 bits per heavy atom. The van der Waals surface area contributed by atoms with E-state index < -0.39 is 5.67 Å². The number of hydrogen-bond acceptors (Lipinski definition) is 1. The van der Waals surface area contributed by atoms with E-state index in [1.165, 1.54) is 12.8 Å². The molecule has 0 amide bonds. The van der Waals surface area contributed by atoms with Gasteiger partial charge in [-0.1, -0.05) is 27.2 Å². The molecule has 0 bridgehead atoms. The third kappa shape index (κ3) is 2.47. The van der Waals surface area contributed by atoms with Gasteiger partial charge in [-0.3, -0.25) is 0 Å². The molecule has 1 nitrogen and oxygen atoms in total. The molecule has 0 aromatic heterocycles. The summed E-state index contributed by atoms with van der Waals surface area (Å²) in [5.74, 6) is 0.534. The summed E-state index contributed by atoms with van der Waals surface area (Å²) >= 11 is 0. The Labute approximate surface area is 87.5 Å². The van der Waals surface area contributed by atoms with Gasteiger partial charge in [0, 0.05) is 6.04 Å². The molecule has 1 heterocycles. The van der Waals surface area contributed by atoms with Crippen LogP contribution in [0.5, 0.6) is 0 Å². The van der Waals surface area contributed by atoms with Crippen LogP contribution in [0.2, 0.25) is 0 Å². The summed E-state index contributed by atoms with van der Waals surface area (Å²) in [5, 5.41) is 3.32. The Morgan fingerprint density at radius 3 is 2.36 bits per heavy atom. The van der Waals surface area contributed by atoms with Crippen molar-refractivity contribution in [1.29, 1.82) is 0 Å². The van der Waals surface area contributed by atoms with Gasteiger partial charge in [-0.25, -0.2) is 4.39 Å². The van der Waals surface area contributed by atoms with Gasteiger partial charge >= 0.3 is 0 Å². The molecule has 1 saturated heterocycles. The summed E-state index contributed by atoms with van der Waals surface area (Å²) < 4.78 is 14.6. The van der Waals surface area contributed by atoms with Gasteiger partial charge in [0.05, 0.1) is 0 Å². The molecule has 1 N–H and O–H groups in total. The van der Waals surface area contributed by atoms with Crippen LogP contribution in [0, 0.1) is 11.8 Å². The largest absolute Gasteiger partial charge is 0.311 e. The highest BCUT2D eigenvalue weighted by atomic mass is 19.1. The van der Waals surface area contributed by atoms with Crippen molar-refractivity contribution in [2.75, 3.05) is 6.54 Å². The fourth-order valence-corrected chi connectivity index (χ4v) is 2.30. The van der Waals surface area contributed by atoms with E-state index in [1.807, 2.05) is 6.92 Å². The minimum atomic E-state index is -1.06. The maximum atomic E-state index is 14.6. The van der Waals surface area contributed by atoms with E-state index in [4.69, 9.17) is 0 Å². The second-order valence-corrected chi connectivity index (χ2v) is 5.19. The van der Waals surface area contributed by atoms with Gasteiger partial charge in [0.25, 0.3) is 0 Å². The normalized spacial score (nSPS) is 30.0. The highest BCUT2D eigenvalue weighted by molar-refractivity contribution is 4.94. The average molecular weight is 201 g/mol. The average Bonchev–Trinajstić information content (AvgIpc) is 2.18. The molecule has 0 aromatic carbocycles. The summed E-state index contributed by atoms with van der Waals surface area (Å²) in [6.07, 6.45) is 3.36. The molecule has 14 heavy (non-hydrogen) atoms. The fraction of sp³-hybridized carbons (Fsp3) is 1.00. The predicted molar refractivity (Wildman–Crippen MR) is 59.2 cm³/mol. The lowest BCUT2D eigenvalue weighted by molar-refractivity contribution is 0.0299. The van der Waals surface area contributed by atoms with Crippen LogP contribution in [-0.2, 0) is 0 Å². The number of rotatable bonds is 3. The SMILES string of the molecule is CC(C)C(C)C(C)(F)C1CCCCN1. The van der Waals surface area contributed by atoms with Crippen LogP contribution in [-0.4, -0.2) is 18.3 Å². The van der Waals surface area contributed by atoms with E-state index in [9.17, 15) is 4.39 Å². The minimum absolute atomic E-state index is 0.0636. The lowest BCUT2D eigenvalue weighted by Gasteiger charge is -2.40. The first-order valence-corrected chi connectivity index (χ1v) is 5.88. The molecule has 3 atom stereocenters. The van der Waals surface area contributed by atoms with Crippen LogP contribution in [0.3, 0.4) is 0 Å². The summed E-state index contributed by atoms with van der Waals surface area (Å²) in [6, 6.07) is 0.0636. The Balaban J connectivity index is 2.61. The van der Waals surface area contributed by atoms with Gasteiger partial charge in [-0.05, 0) is 38.1 Å². The van der Waals surface area contributed by atoms with Crippen molar-refractivity contribution in [3.05, 3.63) is 0 Å². The van der Waals surface area contributed by atoms with Crippen LogP contribution in [0.15, 0.2) is 0 Å². The maximum Gasteiger partial charge on any atom is 0.126 e. The van der Waals surface area contributed by atoms with Crippen molar-refractivity contribution < 1.29 is 4.39 Å². The van der Waals surface area contributed by atoms with Gasteiger partial charge in [0.15, 0.2) is 0 Å². The molecule has 1 rings (SSSR count). The van der Waals surface area contributed by atoms with E-state index in [1.54, 1.807) is 6.92 Å². The molecule has 0 spiro atoms. The van der Waals surface area contributed by atoms with E-state index in [2.05, 4.69) is 19.2 Å². The molecule has 1 aliphatic rings. The molecule has 0 saturated carbocycles. The minimum Gasteiger partial charge on any atom is -0.311 e. The van der Waals surface area contributed by atoms with Crippen LogP contribution in [0.1, 0.15) is 47.0 Å². The predicted octanol–water partition coefficient (Wildman–Crippen LogP) is 3.15. The monoisotopic (exact) mass is 201 g/mol. The first-order chi connectivity index (χ1) is 6.46. The van der Waals surface area contributed by atoms with E-state index in [0.717, 1.165) is 13.0 Å². The molecular formula is C12H24FN. The third-order valence-electron chi connectivity index (χ3n) is 3.88. The zero-order chi connectivity index (χ0) is 10.8. The van der Waals surface area contributed by atoms with Crippen LogP contribution in [0.25, 0.3) is 0 Å². The van der Waals surface area contributed by atoms with Gasteiger partial charge in [0.2, 0.25) is 0 Å². The van der Waals surface area contributed by atoms with E-state index in [-0.39, 0.29) is 12.0 Å². The molecular weight excluding hydrogens is 177 g/mol. The number of halogens is 1. The summed E-state index contributed by atoms with van der Waals surface area (Å²) in [4.78, 5) is 0. The van der Waals surface area contributed by atoms with Gasteiger partial charge < -0.3 is 5.32 Å². The van der Waals surface area contributed by atoms with Crippen molar-refractivity contribution in [3.8, 4) is 0 Å².